The third-order valence-electron chi connectivity index (χ3n) is 3.99. The van der Waals surface area contributed by atoms with Gasteiger partial charge in [0.05, 0.1) is 20.8 Å². The Morgan fingerprint density at radius 1 is 1.39 bits per heavy atom. The molecule has 0 radical (unpaired) electrons. The van der Waals surface area contributed by atoms with Gasteiger partial charge in [0, 0.05) is 18.3 Å². The molecule has 0 aromatic carbocycles. The zero-order valence-corrected chi connectivity index (χ0v) is 13.1. The summed E-state index contributed by atoms with van der Waals surface area (Å²) in [7, 11) is 2.53. The maximum absolute atomic E-state index is 11.8. The topological polar surface area (TPSA) is 109 Å². The Balaban J connectivity index is 2.28. The van der Waals surface area contributed by atoms with Crippen LogP contribution in [0.4, 0.5) is 0 Å². The summed E-state index contributed by atoms with van der Waals surface area (Å²) in [4.78, 5) is 29.1. The standard InChI is InChI=1S/C15H20N2O6/c1-22-14(20)11-4-3-5-17(11)7-9-6-16-12(15(21)23-2)13(19)10(9)8-18/h6,11,18-19H,3-5,7-8H2,1-2H3/t11-/m0/s1. The van der Waals surface area contributed by atoms with E-state index in [4.69, 9.17) is 4.74 Å². The number of carbonyl (C=O) groups is 2. The lowest BCUT2D eigenvalue weighted by Crippen LogP contribution is -2.36. The minimum absolute atomic E-state index is 0.205. The molecule has 0 unspecified atom stereocenters. The molecule has 0 bridgehead atoms. The number of pyridine rings is 1. The molecule has 2 rings (SSSR count). The maximum Gasteiger partial charge on any atom is 0.360 e. The van der Waals surface area contributed by atoms with Gasteiger partial charge in [-0.2, -0.15) is 0 Å². The van der Waals surface area contributed by atoms with Crippen LogP contribution in [-0.2, 0) is 27.4 Å². The predicted octanol–water partition coefficient (Wildman–Crippen LogP) is 0.204. The third-order valence-corrected chi connectivity index (χ3v) is 3.99. The third kappa shape index (κ3) is 3.43. The monoisotopic (exact) mass is 324 g/mol. The first kappa shape index (κ1) is 17.2. The summed E-state index contributed by atoms with van der Waals surface area (Å²) in [5.41, 5.74) is 0.510. The van der Waals surface area contributed by atoms with E-state index in [0.717, 1.165) is 6.42 Å². The number of aromatic hydroxyl groups is 1. The molecular formula is C15H20N2O6. The molecule has 23 heavy (non-hydrogen) atoms. The first-order valence-corrected chi connectivity index (χ1v) is 7.24. The van der Waals surface area contributed by atoms with Crippen molar-refractivity contribution in [1.29, 1.82) is 0 Å². The number of aliphatic hydroxyl groups is 1. The van der Waals surface area contributed by atoms with E-state index in [1.165, 1.54) is 20.4 Å². The number of aromatic nitrogens is 1. The van der Waals surface area contributed by atoms with Crippen LogP contribution < -0.4 is 0 Å². The Bertz CT molecular complexity index is 604. The molecule has 0 aliphatic carbocycles. The fourth-order valence-corrected chi connectivity index (χ4v) is 2.77. The van der Waals surface area contributed by atoms with Crippen molar-refractivity contribution in [3.8, 4) is 5.75 Å². The Hall–Kier alpha value is -2.19. The van der Waals surface area contributed by atoms with Gasteiger partial charge in [-0.25, -0.2) is 9.78 Å². The molecule has 0 amide bonds. The highest BCUT2D eigenvalue weighted by Gasteiger charge is 2.32. The Kier molecular flexibility index (Phi) is 5.51. The van der Waals surface area contributed by atoms with Gasteiger partial charge in [-0.3, -0.25) is 9.69 Å². The minimum atomic E-state index is -0.780. The number of nitrogens with zero attached hydrogens (tertiary/aromatic N) is 2. The van der Waals surface area contributed by atoms with E-state index in [-0.39, 0.29) is 23.3 Å². The highest BCUT2D eigenvalue weighted by atomic mass is 16.5. The SMILES string of the molecule is COC(=O)c1ncc(CN2CCC[C@H]2C(=O)OC)c(CO)c1O. The average Bonchev–Trinajstić information content (AvgIpc) is 3.02. The summed E-state index contributed by atoms with van der Waals surface area (Å²) < 4.78 is 9.33. The Labute approximate surface area is 133 Å². The van der Waals surface area contributed by atoms with Gasteiger partial charge in [-0.05, 0) is 24.9 Å². The number of likely N-dealkylation sites (tertiary alicyclic amines) is 1. The van der Waals surface area contributed by atoms with Crippen molar-refractivity contribution in [2.45, 2.75) is 32.0 Å². The van der Waals surface area contributed by atoms with Crippen LogP contribution in [0, 0.1) is 0 Å². The van der Waals surface area contributed by atoms with Gasteiger partial charge in [0.25, 0.3) is 0 Å². The molecular weight excluding hydrogens is 304 g/mol. The van der Waals surface area contributed by atoms with Crippen LogP contribution in [0.25, 0.3) is 0 Å². The molecule has 1 aromatic heterocycles. The molecule has 0 saturated carbocycles. The van der Waals surface area contributed by atoms with Crippen LogP contribution in [0.1, 0.15) is 34.5 Å². The number of carbonyl (C=O) groups excluding carboxylic acids is 2. The lowest BCUT2D eigenvalue weighted by Gasteiger charge is -2.23. The van der Waals surface area contributed by atoms with Crippen molar-refractivity contribution in [2.24, 2.45) is 0 Å². The van der Waals surface area contributed by atoms with Gasteiger partial charge >= 0.3 is 11.9 Å². The van der Waals surface area contributed by atoms with Gasteiger partial charge in [-0.15, -0.1) is 0 Å². The molecule has 2 heterocycles. The number of methoxy groups -OCH3 is 2. The minimum Gasteiger partial charge on any atom is -0.505 e. The summed E-state index contributed by atoms with van der Waals surface area (Å²) in [6.45, 7) is 0.562. The summed E-state index contributed by atoms with van der Waals surface area (Å²) in [6, 6.07) is -0.353. The Morgan fingerprint density at radius 3 is 2.74 bits per heavy atom. The number of hydrogen-bond acceptors (Lipinski definition) is 8. The molecule has 126 valence electrons. The normalized spacial score (nSPS) is 18.0. The average molecular weight is 324 g/mol. The Morgan fingerprint density at radius 2 is 2.13 bits per heavy atom. The van der Waals surface area contributed by atoms with Crippen molar-refractivity contribution in [3.05, 3.63) is 23.0 Å². The molecule has 2 N–H and O–H groups in total. The summed E-state index contributed by atoms with van der Waals surface area (Å²) in [5.74, 6) is -1.49. The van der Waals surface area contributed by atoms with Crippen LogP contribution >= 0.6 is 0 Å². The van der Waals surface area contributed by atoms with Crippen LogP contribution in [0.2, 0.25) is 0 Å². The summed E-state index contributed by atoms with van der Waals surface area (Å²) in [5, 5.41) is 19.7. The van der Waals surface area contributed by atoms with E-state index in [9.17, 15) is 19.8 Å². The highest BCUT2D eigenvalue weighted by molar-refractivity contribution is 5.90. The van der Waals surface area contributed by atoms with Crippen molar-refractivity contribution in [1.82, 2.24) is 9.88 Å². The van der Waals surface area contributed by atoms with Crippen molar-refractivity contribution in [3.63, 3.8) is 0 Å². The number of esters is 2. The molecule has 8 nitrogen and oxygen atoms in total. The molecule has 0 spiro atoms. The smallest absolute Gasteiger partial charge is 0.360 e. The lowest BCUT2D eigenvalue weighted by molar-refractivity contribution is -0.146. The number of rotatable bonds is 5. The predicted molar refractivity (Wildman–Crippen MR) is 78.6 cm³/mol. The quantitative estimate of drug-likeness (QED) is 0.740. The fraction of sp³-hybridized carbons (Fsp3) is 0.533. The van der Waals surface area contributed by atoms with Gasteiger partial charge in [0.15, 0.2) is 11.4 Å². The van der Waals surface area contributed by atoms with Gasteiger partial charge in [0.2, 0.25) is 0 Å². The summed E-state index contributed by atoms with van der Waals surface area (Å²) in [6.07, 6.45) is 2.96. The second kappa shape index (κ2) is 7.38. The number of hydrogen-bond donors (Lipinski definition) is 2. The molecule has 1 aliphatic heterocycles. The van der Waals surface area contributed by atoms with Gasteiger partial charge in [-0.1, -0.05) is 0 Å². The molecule has 1 atom stereocenters. The van der Waals surface area contributed by atoms with Crippen LogP contribution in [0.3, 0.4) is 0 Å². The highest BCUT2D eigenvalue weighted by Crippen LogP contribution is 2.28. The van der Waals surface area contributed by atoms with Crippen molar-refractivity contribution in [2.75, 3.05) is 20.8 Å². The second-order valence-electron chi connectivity index (χ2n) is 5.26. The van der Waals surface area contributed by atoms with Crippen molar-refractivity contribution < 1.29 is 29.3 Å². The zero-order valence-electron chi connectivity index (χ0n) is 13.1. The zero-order chi connectivity index (χ0) is 17.0. The molecule has 1 aliphatic rings. The van der Waals surface area contributed by atoms with E-state index < -0.39 is 18.3 Å². The fourth-order valence-electron chi connectivity index (χ4n) is 2.77. The molecule has 1 aromatic rings. The second-order valence-corrected chi connectivity index (χ2v) is 5.26. The van der Waals surface area contributed by atoms with E-state index >= 15 is 0 Å². The largest absolute Gasteiger partial charge is 0.505 e. The van der Waals surface area contributed by atoms with E-state index in [1.807, 2.05) is 4.90 Å². The number of aliphatic hydroxyl groups excluding tert-OH is 1. The van der Waals surface area contributed by atoms with Crippen LogP contribution in [0.5, 0.6) is 5.75 Å². The van der Waals surface area contributed by atoms with E-state index in [1.54, 1.807) is 0 Å². The first-order chi connectivity index (χ1) is 11.0. The van der Waals surface area contributed by atoms with Crippen LogP contribution in [-0.4, -0.2) is 58.8 Å². The maximum atomic E-state index is 11.8. The van der Waals surface area contributed by atoms with E-state index in [2.05, 4.69) is 9.72 Å². The molecule has 1 fully saturated rings. The van der Waals surface area contributed by atoms with Gasteiger partial charge in [0.1, 0.15) is 6.04 Å². The van der Waals surface area contributed by atoms with Crippen LogP contribution in [0.15, 0.2) is 6.20 Å². The first-order valence-electron chi connectivity index (χ1n) is 7.24. The molecule has 1 saturated heterocycles. The van der Waals surface area contributed by atoms with Gasteiger partial charge < -0.3 is 19.7 Å². The van der Waals surface area contributed by atoms with Crippen molar-refractivity contribution >= 4 is 11.9 Å². The van der Waals surface area contributed by atoms with E-state index in [0.29, 0.717) is 25.1 Å². The summed E-state index contributed by atoms with van der Waals surface area (Å²) >= 11 is 0. The number of ether oxygens (including phenoxy) is 2. The lowest BCUT2D eigenvalue weighted by atomic mass is 10.1. The molecule has 8 heteroatoms.